The van der Waals surface area contributed by atoms with Crippen molar-refractivity contribution in [2.45, 2.75) is 98.1 Å². The number of aryl methyl sites for hydroxylation is 3. The number of benzene rings is 2. The Morgan fingerprint density at radius 2 is 1.56 bits per heavy atom. The fourth-order valence-electron chi connectivity index (χ4n) is 9.29. The summed E-state index contributed by atoms with van der Waals surface area (Å²) in [6.45, 7) is 14.7. The molecule has 0 spiro atoms. The van der Waals surface area contributed by atoms with E-state index in [1.54, 1.807) is 16.8 Å². The third-order valence-corrected chi connectivity index (χ3v) is 15.8. The second kappa shape index (κ2) is 26.3. The van der Waals surface area contributed by atoms with Crippen LogP contribution in [0.5, 0.6) is 5.75 Å². The Balaban J connectivity index is 0.954. The Kier molecular flexibility index (Phi) is 19.6. The number of rotatable bonds is 5. The first-order valence-electron chi connectivity index (χ1n) is 25.7. The second-order valence-electron chi connectivity index (χ2n) is 20.2. The highest BCUT2D eigenvalue weighted by Crippen LogP contribution is 2.40. The quantitative estimate of drug-likeness (QED) is 0.173. The topological polar surface area (TPSA) is 239 Å². The van der Waals surface area contributed by atoms with E-state index in [0.29, 0.717) is 28.0 Å². The predicted molar refractivity (Wildman–Crippen MR) is 291 cm³/mol. The fraction of sp³-hybridized carbons (Fsp3) is 0.519. The maximum absolute atomic E-state index is 14.2. The first-order chi connectivity index (χ1) is 37.0. The molecule has 5 atom stereocenters. The Labute approximate surface area is 461 Å². The molecule has 4 amide bonds. The number of carbonyl (C=O) groups excluding carboxylic acids is 4. The van der Waals surface area contributed by atoms with Gasteiger partial charge >= 0.3 is 0 Å². The Morgan fingerprint density at radius 3 is 2.25 bits per heavy atom. The van der Waals surface area contributed by atoms with E-state index in [4.69, 9.17) is 45.0 Å². The summed E-state index contributed by atoms with van der Waals surface area (Å²) in [6.07, 6.45) is -0.944. The van der Waals surface area contributed by atoms with E-state index < -0.39 is 53.4 Å². The van der Waals surface area contributed by atoms with Crippen LogP contribution in [0.25, 0.3) is 15.4 Å². The molecule has 0 saturated carbocycles. The largest absolute Gasteiger partial charge is 0.491 e. The molecule has 8 rings (SSSR count). The van der Waals surface area contributed by atoms with Crippen molar-refractivity contribution in [2.24, 2.45) is 10.4 Å². The van der Waals surface area contributed by atoms with E-state index >= 15 is 0 Å². The third-order valence-electron chi connectivity index (χ3n) is 13.4. The monoisotopic (exact) mass is 1120 g/mol. The lowest BCUT2D eigenvalue weighted by molar-refractivity contribution is -0.144. The number of nitrogens with zero attached hydrogens (tertiary/aromatic N) is 6. The number of fused-ring (bicyclic) bond motifs is 5. The lowest BCUT2D eigenvalue weighted by Crippen LogP contribution is -2.58. The van der Waals surface area contributed by atoms with Crippen molar-refractivity contribution in [1.82, 2.24) is 40.6 Å². The lowest BCUT2D eigenvalue weighted by atomic mass is 9.85. The number of halogens is 1. The van der Waals surface area contributed by atoms with Gasteiger partial charge in [0.2, 0.25) is 23.6 Å². The van der Waals surface area contributed by atoms with Crippen LogP contribution >= 0.6 is 34.3 Å². The molecule has 2 aromatic carbocycles. The van der Waals surface area contributed by atoms with Gasteiger partial charge in [-0.25, -0.2) is 4.98 Å². The third kappa shape index (κ3) is 14.5. The average Bonchev–Trinajstić information content (AvgIpc) is 4.16. The van der Waals surface area contributed by atoms with Gasteiger partial charge in [0.05, 0.1) is 99.8 Å². The number of hydrogen-bond donors (Lipinski definition) is 4. The van der Waals surface area contributed by atoms with Gasteiger partial charge in [0.15, 0.2) is 5.82 Å². The van der Waals surface area contributed by atoms with Crippen molar-refractivity contribution in [3.8, 4) is 21.2 Å². The van der Waals surface area contributed by atoms with Crippen LogP contribution in [0.1, 0.15) is 84.1 Å². The predicted octanol–water partition coefficient (Wildman–Crippen LogP) is 5.39. The molecule has 77 heavy (non-hydrogen) atoms. The van der Waals surface area contributed by atoms with Crippen LogP contribution < -0.4 is 20.7 Å². The Hall–Kier alpha value is -5.69. The molecule has 1 fully saturated rings. The molecule has 0 radical (unpaired) electrons. The number of thiophene rings is 1. The number of aliphatic hydroxyl groups excluding tert-OH is 1. The lowest BCUT2D eigenvalue weighted by Gasteiger charge is -2.35. The molecule has 5 aromatic rings. The van der Waals surface area contributed by atoms with E-state index in [1.807, 2.05) is 81.7 Å². The second-order valence-corrected chi connectivity index (χ2v) is 22.7. The van der Waals surface area contributed by atoms with Crippen LogP contribution in [0.2, 0.25) is 5.02 Å². The van der Waals surface area contributed by atoms with Crippen molar-refractivity contribution < 1.29 is 52.7 Å². The summed E-state index contributed by atoms with van der Waals surface area (Å²) in [4.78, 5) is 68.6. The van der Waals surface area contributed by atoms with Crippen LogP contribution in [0.4, 0.5) is 0 Å². The molecule has 0 aliphatic carbocycles. The highest BCUT2D eigenvalue weighted by molar-refractivity contribution is 7.15. The summed E-state index contributed by atoms with van der Waals surface area (Å²) in [5, 5.41) is 30.1. The standard InChI is InChI=1S/C54H68ClN9O11S2/c1-31-33(3)77-53-46(31)47(35-10-12-38(55)13-11-35)59-41(50-62-61-34(4)64(50)53)24-44(66)58-39-27-72-17-14-70-16-19-74-29-45(67)60-49(54(5,6)7)52(69)63-26-40(65)23-42(63)51(68)56-25-37-9-8-36(48-32(2)57-30-76-48)22-43(37)75-21-20-71-15-18-73-28-39/h8-13,22,30,39-42,49,65H,14-21,23-29H2,1-7H3,(H,56,68)(H,58,66)(H,60,67)/t39-,40+,41-,42-,49+/m0/s1. The Bertz CT molecular complexity index is 2900. The molecule has 3 aliphatic heterocycles. The fourth-order valence-corrected chi connectivity index (χ4v) is 11.4. The average molecular weight is 1120 g/mol. The zero-order valence-corrected chi connectivity index (χ0v) is 46.9. The van der Waals surface area contributed by atoms with Crippen LogP contribution in [-0.4, -0.2) is 163 Å². The van der Waals surface area contributed by atoms with E-state index in [1.165, 1.54) is 16.2 Å². The highest BCUT2D eigenvalue weighted by Gasteiger charge is 2.44. The van der Waals surface area contributed by atoms with Gasteiger partial charge in [-0.15, -0.1) is 32.9 Å². The summed E-state index contributed by atoms with van der Waals surface area (Å²) in [6, 6.07) is 9.96. The van der Waals surface area contributed by atoms with E-state index in [2.05, 4.69) is 45.0 Å². The number of aliphatic hydroxyl groups is 1. The SMILES string of the molecule is Cc1ncsc1-c1ccc2c(c1)OCCOCCOC[C@@H](NC(=O)C[C@@H]1N=C(c3ccc(Cl)cc3)c3c(sc(C)c3C)-n3c(C)nnc31)COCCOCCOCC(=O)N[C@@H](C(C)(C)C)C(=O)N1C[C@H](O)C[C@H]1C(=O)NC2. The minimum atomic E-state index is -1.03. The molecule has 1 saturated heterocycles. The summed E-state index contributed by atoms with van der Waals surface area (Å²) in [7, 11) is 0. The van der Waals surface area contributed by atoms with E-state index in [0.717, 1.165) is 48.4 Å². The first-order valence-corrected chi connectivity index (χ1v) is 27.8. The Morgan fingerprint density at radius 1 is 0.883 bits per heavy atom. The van der Waals surface area contributed by atoms with Crippen molar-refractivity contribution in [1.29, 1.82) is 0 Å². The molecule has 6 heterocycles. The number of aromatic nitrogens is 4. The van der Waals surface area contributed by atoms with E-state index in [-0.39, 0.29) is 105 Å². The molecule has 3 aliphatic rings. The molecule has 0 bridgehead atoms. The maximum atomic E-state index is 14.2. The minimum Gasteiger partial charge on any atom is -0.491 e. The zero-order chi connectivity index (χ0) is 54.8. The van der Waals surface area contributed by atoms with Crippen LogP contribution in [0, 0.1) is 33.1 Å². The van der Waals surface area contributed by atoms with Crippen molar-refractivity contribution >= 4 is 63.6 Å². The number of amides is 4. The summed E-state index contributed by atoms with van der Waals surface area (Å²) in [5.41, 5.74) is 7.10. The van der Waals surface area contributed by atoms with Crippen molar-refractivity contribution in [3.05, 3.63) is 97.5 Å². The highest BCUT2D eigenvalue weighted by atomic mass is 35.5. The number of thiazole rings is 1. The van der Waals surface area contributed by atoms with Crippen molar-refractivity contribution in [3.63, 3.8) is 0 Å². The zero-order valence-electron chi connectivity index (χ0n) is 44.5. The van der Waals surface area contributed by atoms with Gasteiger partial charge in [0.1, 0.15) is 47.9 Å². The van der Waals surface area contributed by atoms with Gasteiger partial charge < -0.3 is 54.4 Å². The molecule has 23 heteroatoms. The van der Waals surface area contributed by atoms with Gasteiger partial charge in [-0.1, -0.05) is 56.6 Å². The first kappa shape index (κ1) is 57.5. The van der Waals surface area contributed by atoms with Gasteiger partial charge in [0, 0.05) is 46.1 Å². The maximum Gasteiger partial charge on any atom is 0.246 e. The van der Waals surface area contributed by atoms with Gasteiger partial charge in [-0.05, 0) is 62.4 Å². The van der Waals surface area contributed by atoms with E-state index in [9.17, 15) is 24.3 Å². The van der Waals surface area contributed by atoms with Gasteiger partial charge in [0.25, 0.3) is 0 Å². The summed E-state index contributed by atoms with van der Waals surface area (Å²) in [5.74, 6) is -0.00892. The number of hydrogen-bond acceptors (Lipinski definition) is 17. The number of nitrogens with one attached hydrogen (secondary N) is 3. The van der Waals surface area contributed by atoms with Crippen LogP contribution in [0.3, 0.4) is 0 Å². The molecule has 20 nitrogen and oxygen atoms in total. The summed E-state index contributed by atoms with van der Waals surface area (Å²) < 4.78 is 37.7. The van der Waals surface area contributed by atoms with Crippen LogP contribution in [-0.2, 0) is 49.4 Å². The molecular formula is C54H68ClN9O11S2. The number of ether oxygens (including phenoxy) is 6. The smallest absolute Gasteiger partial charge is 0.246 e. The van der Waals surface area contributed by atoms with Gasteiger partial charge in [-0.2, -0.15) is 0 Å². The number of carbonyl (C=O) groups is 4. The van der Waals surface area contributed by atoms with Crippen LogP contribution in [0.15, 0.2) is 53.0 Å². The number of aliphatic imine (C=N–C) groups is 1. The molecule has 0 unspecified atom stereocenters. The van der Waals surface area contributed by atoms with Gasteiger partial charge in [-0.3, -0.25) is 28.7 Å². The van der Waals surface area contributed by atoms with Crippen molar-refractivity contribution in [2.75, 3.05) is 79.2 Å². The summed E-state index contributed by atoms with van der Waals surface area (Å²) >= 11 is 9.45. The molecule has 4 N–H and O–H groups in total. The molecular weight excluding hydrogens is 1050 g/mol. The minimum absolute atomic E-state index is 0.0327. The normalized spacial score (nSPS) is 22.3. The molecule has 3 aromatic heterocycles. The molecule has 414 valence electrons.